The lowest BCUT2D eigenvalue weighted by molar-refractivity contribution is -0.135. The van der Waals surface area contributed by atoms with Crippen LogP contribution in [0.5, 0.6) is 46.3 Å². The van der Waals surface area contributed by atoms with E-state index in [1.54, 1.807) is 43.5 Å². The molecule has 8 aromatic rings. The number of aliphatic hydroxyl groups is 1. The highest BCUT2D eigenvalue weighted by molar-refractivity contribution is 6.11. The van der Waals surface area contributed by atoms with Gasteiger partial charge >= 0.3 is 0 Å². The zero-order valence-electron chi connectivity index (χ0n) is 51.7. The van der Waals surface area contributed by atoms with E-state index in [0.29, 0.717) is 94.5 Å². The van der Waals surface area contributed by atoms with Crippen molar-refractivity contribution in [1.29, 1.82) is 0 Å². The predicted octanol–water partition coefficient (Wildman–Crippen LogP) is 10.3. The first-order chi connectivity index (χ1) is 45.1. The van der Waals surface area contributed by atoms with Crippen LogP contribution in [0.1, 0.15) is 60.8 Å². The maximum absolute atomic E-state index is 15.3. The molecule has 0 atom stereocenters. The van der Waals surface area contributed by atoms with Crippen molar-refractivity contribution in [3.05, 3.63) is 167 Å². The molecule has 0 amide bonds. The molecule has 4 aliphatic rings. The molecule has 2 saturated heterocycles. The Morgan fingerprint density at radius 1 is 0.495 bits per heavy atom. The van der Waals surface area contributed by atoms with Gasteiger partial charge in [-0.3, -0.25) is 29.0 Å². The number of hydrogen-bond donors (Lipinski definition) is 2. The summed E-state index contributed by atoms with van der Waals surface area (Å²) in [7, 11) is 2.96. The molecule has 2 aromatic heterocycles. The summed E-state index contributed by atoms with van der Waals surface area (Å²) in [4.78, 5) is 73.4. The minimum atomic E-state index is -1.07. The second kappa shape index (κ2) is 31.1. The quantitative estimate of drug-likeness (QED) is 0.0292. The van der Waals surface area contributed by atoms with Gasteiger partial charge in [0.2, 0.25) is 11.8 Å². The molecule has 93 heavy (non-hydrogen) atoms. The average molecular weight is 1280 g/mol. The van der Waals surface area contributed by atoms with Crippen LogP contribution in [0, 0.1) is 34.1 Å². The predicted molar refractivity (Wildman–Crippen MR) is 334 cm³/mol. The number of carbonyl (C=O) groups is 4. The Kier molecular flexibility index (Phi) is 22.4. The summed E-state index contributed by atoms with van der Waals surface area (Å²) < 4.78 is 95.4. The van der Waals surface area contributed by atoms with Crippen molar-refractivity contribution in [2.45, 2.75) is 64.2 Å². The van der Waals surface area contributed by atoms with Crippen molar-refractivity contribution in [2.24, 2.45) is 10.8 Å². The van der Waals surface area contributed by atoms with Gasteiger partial charge < -0.3 is 43.4 Å². The van der Waals surface area contributed by atoms with Gasteiger partial charge in [0, 0.05) is 83.7 Å². The van der Waals surface area contributed by atoms with Crippen LogP contribution in [-0.4, -0.2) is 156 Å². The van der Waals surface area contributed by atoms with Gasteiger partial charge in [-0.15, -0.1) is 0 Å². The highest BCUT2D eigenvalue weighted by Crippen LogP contribution is 2.50. The maximum atomic E-state index is 15.3. The van der Waals surface area contributed by atoms with Gasteiger partial charge in [-0.25, -0.2) is 37.5 Å². The first-order valence-corrected chi connectivity index (χ1v) is 30.8. The number of benzene rings is 6. The molecule has 0 bridgehead atoms. The lowest BCUT2D eigenvalue weighted by atomic mass is 9.88. The van der Waals surface area contributed by atoms with Crippen molar-refractivity contribution in [3.8, 4) is 46.3 Å². The number of ether oxygens (including phenoxy) is 7. The van der Waals surface area contributed by atoms with Crippen molar-refractivity contribution in [2.75, 3.05) is 93.1 Å². The number of phenols is 1. The molecule has 0 spiro atoms. The highest BCUT2D eigenvalue weighted by Gasteiger charge is 2.55. The van der Waals surface area contributed by atoms with Gasteiger partial charge in [-0.2, -0.15) is 0 Å². The Hall–Kier alpha value is -9.00. The number of phenolic OH excluding ortho intramolecular Hbond substituents is 1. The molecule has 2 saturated carbocycles. The molecule has 0 unspecified atom stereocenters. The summed E-state index contributed by atoms with van der Waals surface area (Å²) in [6.07, 6.45) is 6.00. The number of morpholine rings is 2. The third-order valence-corrected chi connectivity index (χ3v) is 16.8. The fraction of sp³-hybridized carbons (Fsp3) is 0.371. The largest absolute Gasteiger partial charge is 0.504 e. The Labute approximate surface area is 534 Å². The van der Waals surface area contributed by atoms with Crippen molar-refractivity contribution in [1.82, 2.24) is 29.7 Å². The number of aromatic hydroxyl groups is 1. The van der Waals surface area contributed by atoms with Crippen molar-refractivity contribution < 1.29 is 80.1 Å². The van der Waals surface area contributed by atoms with Crippen LogP contribution in [0.2, 0.25) is 0 Å². The Morgan fingerprint density at radius 2 is 0.903 bits per heavy atom. The molecule has 6 aromatic carbocycles. The number of halogens is 4. The number of Topliss-reactive ketones (excluding diaryl/α,β-unsaturated/α-hetero) is 4. The summed E-state index contributed by atoms with van der Waals surface area (Å²) in [5.41, 5.74) is 0.962. The standard InChI is InChI=1S/C35H35F2N3O6.C28H22F2N2O5.C7H15NO2/c1-43-30-21-28-26(20-31(30)45-14-2-11-40-12-15-44-16-13-40)34(39-22-38-28)46-29-8-5-24(17-27(29)37)19-33(42)35(9-10-35)32(41)18-23-3-6-25(36)7-4-23;1-36-24-14-21-19(13-22(24)33)27(32-15-31-21)37-23-7-4-17(10-20(23)30)12-26(35)28(8-9-28)25(34)11-16-2-5-18(29)6-3-16;9-5-1-2-8-3-6-10-7-4-8/h3-8,17,20-22H,2,9-16,18-19H2,1H3;2-7,10,13-15,33H,8-9,11-12H2,1H3;9H,1-7H2. The molecule has 4 heterocycles. The van der Waals surface area contributed by atoms with Gasteiger partial charge in [-0.1, -0.05) is 36.4 Å². The molecule has 488 valence electrons. The Bertz CT molecular complexity index is 3940. The van der Waals surface area contributed by atoms with E-state index >= 15 is 4.39 Å². The van der Waals surface area contributed by atoms with Crippen molar-refractivity contribution >= 4 is 44.9 Å². The summed E-state index contributed by atoms with van der Waals surface area (Å²) in [5.74, 6) is -2.04. The fourth-order valence-electron chi connectivity index (χ4n) is 11.1. The zero-order valence-corrected chi connectivity index (χ0v) is 51.7. The molecule has 12 rings (SSSR count). The molecule has 2 N–H and O–H groups in total. The lowest BCUT2D eigenvalue weighted by Gasteiger charge is -2.26. The third kappa shape index (κ3) is 17.2. The van der Waals surface area contributed by atoms with E-state index in [9.17, 15) is 37.5 Å². The zero-order chi connectivity index (χ0) is 65.5. The van der Waals surface area contributed by atoms with E-state index in [2.05, 4.69) is 29.7 Å². The van der Waals surface area contributed by atoms with E-state index in [1.807, 2.05) is 0 Å². The lowest BCUT2D eigenvalue weighted by Crippen LogP contribution is -2.37. The SMILES string of the molecule is COc1cc2ncnc(Oc3ccc(CC(=O)C4(C(=O)Cc5ccc(F)cc5)CC4)cc3F)c2cc1O.COc1cc2ncnc(Oc3ccc(CC(=O)C4(C(=O)Cc5ccc(F)cc5)CC4)cc3F)c2cc1OCCCN1CCOCC1.OCCCN1CCOCC1. The normalized spacial score (nSPS) is 15.6. The number of fused-ring (bicyclic) bond motifs is 2. The van der Waals surface area contributed by atoms with E-state index in [4.69, 9.17) is 38.3 Å². The van der Waals surface area contributed by atoms with E-state index in [-0.39, 0.29) is 89.4 Å². The summed E-state index contributed by atoms with van der Waals surface area (Å²) in [6, 6.07) is 26.0. The topological polar surface area (TPSA) is 231 Å². The Morgan fingerprint density at radius 3 is 1.32 bits per heavy atom. The van der Waals surface area contributed by atoms with E-state index < -0.39 is 28.3 Å². The van der Waals surface area contributed by atoms with Crippen LogP contribution in [0.3, 0.4) is 0 Å². The molecular formula is C70H72F4N6O13. The minimum absolute atomic E-state index is 0.0361. The number of rotatable bonds is 26. The van der Waals surface area contributed by atoms with E-state index in [1.165, 1.54) is 92.6 Å². The molecule has 4 fully saturated rings. The summed E-state index contributed by atoms with van der Waals surface area (Å²) in [5, 5.41) is 19.5. The molecule has 0 radical (unpaired) electrons. The molecule has 19 nitrogen and oxygen atoms in total. The molecule has 23 heteroatoms. The van der Waals surface area contributed by atoms with Crippen LogP contribution in [0.25, 0.3) is 21.8 Å². The van der Waals surface area contributed by atoms with Crippen LogP contribution in [0.15, 0.2) is 122 Å². The summed E-state index contributed by atoms with van der Waals surface area (Å²) >= 11 is 0. The van der Waals surface area contributed by atoms with E-state index in [0.717, 1.165) is 78.5 Å². The molecule has 2 aliphatic carbocycles. The number of methoxy groups -OCH3 is 2. The monoisotopic (exact) mass is 1280 g/mol. The highest BCUT2D eigenvalue weighted by atomic mass is 19.1. The van der Waals surface area contributed by atoms with Crippen LogP contribution < -0.4 is 23.7 Å². The number of hydrogen-bond acceptors (Lipinski definition) is 19. The number of carbonyl (C=O) groups excluding carboxylic acids is 4. The number of aliphatic hydroxyl groups excluding tert-OH is 1. The first-order valence-electron chi connectivity index (χ1n) is 30.8. The maximum Gasteiger partial charge on any atom is 0.230 e. The summed E-state index contributed by atoms with van der Waals surface area (Å²) in [6.45, 7) is 9.74. The van der Waals surface area contributed by atoms with Gasteiger partial charge in [0.25, 0.3) is 0 Å². The van der Waals surface area contributed by atoms with Gasteiger partial charge in [-0.05, 0) is 121 Å². The third-order valence-electron chi connectivity index (χ3n) is 16.8. The number of ketones is 4. The van der Waals surface area contributed by atoms with Gasteiger partial charge in [0.1, 0.15) is 24.3 Å². The van der Waals surface area contributed by atoms with Crippen LogP contribution in [0.4, 0.5) is 17.6 Å². The van der Waals surface area contributed by atoms with Gasteiger partial charge in [0.15, 0.2) is 69.3 Å². The average Bonchev–Trinajstić information content (AvgIpc) is 1.22. The van der Waals surface area contributed by atoms with Crippen LogP contribution >= 0.6 is 0 Å². The van der Waals surface area contributed by atoms with Gasteiger partial charge in [0.05, 0.1) is 79.9 Å². The second-order valence-electron chi connectivity index (χ2n) is 23.2. The fourth-order valence-corrected chi connectivity index (χ4v) is 11.1. The first kappa shape index (κ1) is 66.9. The van der Waals surface area contributed by atoms with Crippen molar-refractivity contribution in [3.63, 3.8) is 0 Å². The second-order valence-corrected chi connectivity index (χ2v) is 23.2. The smallest absolute Gasteiger partial charge is 0.230 e. The molecular weight excluding hydrogens is 1210 g/mol. The number of aromatic nitrogens is 4. The number of nitrogens with zero attached hydrogens (tertiary/aromatic N) is 6. The van der Waals surface area contributed by atoms with Crippen LogP contribution in [-0.2, 0) is 54.3 Å². The minimum Gasteiger partial charge on any atom is -0.504 e. The Balaban J connectivity index is 0.000000180. The molecule has 2 aliphatic heterocycles.